The lowest BCUT2D eigenvalue weighted by Crippen LogP contribution is -2.35. The third-order valence-electron chi connectivity index (χ3n) is 4.06. The molecule has 21 heavy (non-hydrogen) atoms. The summed E-state index contributed by atoms with van der Waals surface area (Å²) < 4.78 is 5.01. The molecule has 0 fully saturated rings. The van der Waals surface area contributed by atoms with Gasteiger partial charge in [-0.1, -0.05) is 18.2 Å². The van der Waals surface area contributed by atoms with Gasteiger partial charge in [-0.05, 0) is 48.8 Å². The molecule has 0 saturated heterocycles. The fourth-order valence-corrected chi connectivity index (χ4v) is 2.99. The third kappa shape index (κ3) is 5.14. The number of ether oxygens (including phenoxy) is 1. The molecule has 0 amide bonds. The molecule has 116 valence electrons. The molecule has 1 atom stereocenters. The predicted octanol–water partition coefficient (Wildman–Crippen LogP) is 2.19. The van der Waals surface area contributed by atoms with E-state index >= 15 is 0 Å². The van der Waals surface area contributed by atoms with Gasteiger partial charge in [0.1, 0.15) is 0 Å². The molecular formula is C17H25NO3. The van der Waals surface area contributed by atoms with Crippen LogP contribution in [0, 0.1) is 0 Å². The Bertz CT molecular complexity index is 473. The first kappa shape index (κ1) is 16.0. The number of rotatable bonds is 8. The molecule has 1 aliphatic carbocycles. The highest BCUT2D eigenvalue weighted by Gasteiger charge is 2.15. The average molecular weight is 291 g/mol. The van der Waals surface area contributed by atoms with E-state index in [1.807, 2.05) is 0 Å². The number of aliphatic carboxylic acids is 1. The molecule has 4 heteroatoms. The number of hydrogen-bond donors (Lipinski definition) is 2. The summed E-state index contributed by atoms with van der Waals surface area (Å²) in [6.45, 7) is 1.28. The van der Waals surface area contributed by atoms with Crippen LogP contribution in [0.3, 0.4) is 0 Å². The summed E-state index contributed by atoms with van der Waals surface area (Å²) in [4.78, 5) is 11.0. The van der Waals surface area contributed by atoms with Crippen molar-refractivity contribution in [3.63, 3.8) is 0 Å². The maximum atomic E-state index is 11.0. The topological polar surface area (TPSA) is 58.6 Å². The van der Waals surface area contributed by atoms with Gasteiger partial charge >= 0.3 is 5.97 Å². The SMILES string of the molecule is COCCNC(CC(=O)O)Cc1ccc2c(c1)CCCC2. The molecule has 1 aromatic rings. The summed E-state index contributed by atoms with van der Waals surface area (Å²) in [6, 6.07) is 6.59. The molecule has 0 bridgehead atoms. The van der Waals surface area contributed by atoms with E-state index in [9.17, 15) is 4.79 Å². The molecule has 0 aliphatic heterocycles. The number of nitrogens with one attached hydrogen (secondary N) is 1. The lowest BCUT2D eigenvalue weighted by molar-refractivity contribution is -0.137. The highest BCUT2D eigenvalue weighted by Crippen LogP contribution is 2.23. The van der Waals surface area contributed by atoms with Crippen LogP contribution in [0.25, 0.3) is 0 Å². The zero-order valence-corrected chi connectivity index (χ0v) is 12.7. The second kappa shape index (κ2) is 8.15. The summed E-state index contributed by atoms with van der Waals surface area (Å²) in [6.07, 6.45) is 5.78. The van der Waals surface area contributed by atoms with E-state index in [-0.39, 0.29) is 12.5 Å². The summed E-state index contributed by atoms with van der Waals surface area (Å²) >= 11 is 0. The van der Waals surface area contributed by atoms with Crippen LogP contribution < -0.4 is 5.32 Å². The number of fused-ring (bicyclic) bond motifs is 1. The molecule has 4 nitrogen and oxygen atoms in total. The summed E-state index contributed by atoms with van der Waals surface area (Å²) in [5, 5.41) is 12.3. The van der Waals surface area contributed by atoms with Gasteiger partial charge in [-0.25, -0.2) is 0 Å². The van der Waals surface area contributed by atoms with Crippen LogP contribution in [0.15, 0.2) is 18.2 Å². The smallest absolute Gasteiger partial charge is 0.304 e. The molecule has 0 radical (unpaired) electrons. The third-order valence-corrected chi connectivity index (χ3v) is 4.06. The lowest BCUT2D eigenvalue weighted by Gasteiger charge is -2.20. The van der Waals surface area contributed by atoms with Crippen LogP contribution in [0.5, 0.6) is 0 Å². The molecule has 0 heterocycles. The average Bonchev–Trinajstić information content (AvgIpc) is 2.46. The molecule has 2 rings (SSSR count). The van der Waals surface area contributed by atoms with Gasteiger partial charge in [0.2, 0.25) is 0 Å². The first-order chi connectivity index (χ1) is 10.2. The van der Waals surface area contributed by atoms with E-state index in [4.69, 9.17) is 9.84 Å². The first-order valence-electron chi connectivity index (χ1n) is 7.74. The molecule has 1 aromatic carbocycles. The van der Waals surface area contributed by atoms with Crippen molar-refractivity contribution in [3.8, 4) is 0 Å². The van der Waals surface area contributed by atoms with E-state index < -0.39 is 5.97 Å². The van der Waals surface area contributed by atoms with Crippen molar-refractivity contribution in [3.05, 3.63) is 34.9 Å². The predicted molar refractivity (Wildman–Crippen MR) is 82.7 cm³/mol. The second-order valence-electron chi connectivity index (χ2n) is 5.76. The van der Waals surface area contributed by atoms with Crippen molar-refractivity contribution >= 4 is 5.97 Å². The number of carbonyl (C=O) groups is 1. The van der Waals surface area contributed by atoms with E-state index in [1.54, 1.807) is 7.11 Å². The molecular weight excluding hydrogens is 266 g/mol. The Morgan fingerprint density at radius 3 is 2.81 bits per heavy atom. The number of hydrogen-bond acceptors (Lipinski definition) is 3. The highest BCUT2D eigenvalue weighted by atomic mass is 16.5. The number of carboxylic acid groups (broad SMARTS) is 1. The summed E-state index contributed by atoms with van der Waals surface area (Å²) in [7, 11) is 1.65. The molecule has 0 saturated carbocycles. The fourth-order valence-electron chi connectivity index (χ4n) is 2.99. The van der Waals surface area contributed by atoms with E-state index in [0.29, 0.717) is 13.2 Å². The second-order valence-corrected chi connectivity index (χ2v) is 5.76. The van der Waals surface area contributed by atoms with Gasteiger partial charge in [0.05, 0.1) is 13.0 Å². The van der Waals surface area contributed by atoms with Crippen LogP contribution in [-0.2, 0) is 28.8 Å². The first-order valence-corrected chi connectivity index (χ1v) is 7.74. The van der Waals surface area contributed by atoms with Crippen molar-refractivity contribution in [2.24, 2.45) is 0 Å². The van der Waals surface area contributed by atoms with Crippen molar-refractivity contribution in [1.29, 1.82) is 0 Å². The highest BCUT2D eigenvalue weighted by molar-refractivity contribution is 5.67. The van der Waals surface area contributed by atoms with Crippen LogP contribution in [0.4, 0.5) is 0 Å². The standard InChI is InChI=1S/C17H25NO3/c1-21-9-8-18-16(12-17(19)20)11-13-6-7-14-4-2-3-5-15(14)10-13/h6-7,10,16,18H,2-5,8-9,11-12H2,1H3,(H,19,20). The Hall–Kier alpha value is -1.39. The van der Waals surface area contributed by atoms with Crippen LogP contribution in [-0.4, -0.2) is 37.4 Å². The zero-order chi connectivity index (χ0) is 15.1. The van der Waals surface area contributed by atoms with Crippen LogP contribution in [0.1, 0.15) is 36.0 Å². The van der Waals surface area contributed by atoms with Crippen molar-refractivity contribution < 1.29 is 14.6 Å². The van der Waals surface area contributed by atoms with Gasteiger partial charge < -0.3 is 15.2 Å². The minimum absolute atomic E-state index is 0.0423. The molecule has 0 spiro atoms. The Labute approximate surface area is 126 Å². The number of aryl methyl sites for hydroxylation is 2. The van der Waals surface area contributed by atoms with Gasteiger partial charge in [0.25, 0.3) is 0 Å². The Morgan fingerprint density at radius 2 is 2.10 bits per heavy atom. The Balaban J connectivity index is 1.99. The lowest BCUT2D eigenvalue weighted by atomic mass is 9.89. The maximum absolute atomic E-state index is 11.0. The zero-order valence-electron chi connectivity index (χ0n) is 12.7. The van der Waals surface area contributed by atoms with Crippen molar-refractivity contribution in [2.75, 3.05) is 20.3 Å². The summed E-state index contributed by atoms with van der Waals surface area (Å²) in [5.41, 5.74) is 4.14. The van der Waals surface area contributed by atoms with E-state index in [1.165, 1.54) is 36.0 Å². The normalized spacial score (nSPS) is 15.5. The number of carboxylic acids is 1. The van der Waals surface area contributed by atoms with Crippen LogP contribution in [0.2, 0.25) is 0 Å². The Kier molecular flexibility index (Phi) is 6.21. The molecule has 1 aliphatic rings. The molecule has 1 unspecified atom stereocenters. The summed E-state index contributed by atoms with van der Waals surface area (Å²) in [5.74, 6) is -0.761. The number of methoxy groups -OCH3 is 1. The van der Waals surface area contributed by atoms with Crippen molar-refractivity contribution in [1.82, 2.24) is 5.32 Å². The number of benzene rings is 1. The molecule has 0 aromatic heterocycles. The maximum Gasteiger partial charge on any atom is 0.304 e. The minimum Gasteiger partial charge on any atom is -0.481 e. The van der Waals surface area contributed by atoms with Gasteiger partial charge in [0, 0.05) is 19.7 Å². The van der Waals surface area contributed by atoms with Gasteiger partial charge in [0.15, 0.2) is 0 Å². The van der Waals surface area contributed by atoms with Crippen LogP contribution >= 0.6 is 0 Å². The van der Waals surface area contributed by atoms with E-state index in [0.717, 1.165) is 12.8 Å². The van der Waals surface area contributed by atoms with Gasteiger partial charge in [-0.2, -0.15) is 0 Å². The molecule has 2 N–H and O–H groups in total. The minimum atomic E-state index is -0.761. The largest absolute Gasteiger partial charge is 0.481 e. The van der Waals surface area contributed by atoms with E-state index in [2.05, 4.69) is 23.5 Å². The van der Waals surface area contributed by atoms with Crippen molar-refractivity contribution in [2.45, 2.75) is 44.6 Å². The monoisotopic (exact) mass is 291 g/mol. The Morgan fingerprint density at radius 1 is 1.33 bits per heavy atom. The van der Waals surface area contributed by atoms with Gasteiger partial charge in [-0.15, -0.1) is 0 Å². The fraction of sp³-hybridized carbons (Fsp3) is 0.588. The van der Waals surface area contributed by atoms with Gasteiger partial charge in [-0.3, -0.25) is 4.79 Å². The quantitative estimate of drug-likeness (QED) is 0.721.